The predicted octanol–water partition coefficient (Wildman–Crippen LogP) is 1.73. The molecular formula is C9H9N3OS. The van der Waals surface area contributed by atoms with Crippen LogP contribution in [-0.4, -0.2) is 15.7 Å². The maximum Gasteiger partial charge on any atom is 0.266 e. The zero-order valence-electron chi connectivity index (χ0n) is 7.60. The van der Waals surface area contributed by atoms with Crippen molar-refractivity contribution >= 4 is 23.1 Å². The SMILES string of the molecule is Cn1nccc1NC(=O)c1cccs1. The molecule has 14 heavy (non-hydrogen) atoms. The van der Waals surface area contributed by atoms with Gasteiger partial charge in [-0.05, 0) is 11.4 Å². The van der Waals surface area contributed by atoms with Gasteiger partial charge in [-0.3, -0.25) is 9.48 Å². The summed E-state index contributed by atoms with van der Waals surface area (Å²) in [7, 11) is 1.78. The van der Waals surface area contributed by atoms with Crippen molar-refractivity contribution in [3.8, 4) is 0 Å². The fourth-order valence-electron chi connectivity index (χ4n) is 1.08. The molecule has 2 aromatic heterocycles. The van der Waals surface area contributed by atoms with Crippen molar-refractivity contribution in [2.75, 3.05) is 5.32 Å². The zero-order chi connectivity index (χ0) is 9.97. The quantitative estimate of drug-likeness (QED) is 0.815. The van der Waals surface area contributed by atoms with Gasteiger partial charge in [-0.15, -0.1) is 11.3 Å². The summed E-state index contributed by atoms with van der Waals surface area (Å²) in [4.78, 5) is 12.3. The summed E-state index contributed by atoms with van der Waals surface area (Å²) in [5, 5.41) is 8.59. The number of anilines is 1. The first-order chi connectivity index (χ1) is 6.77. The summed E-state index contributed by atoms with van der Waals surface area (Å²) in [6.45, 7) is 0. The molecular weight excluding hydrogens is 198 g/mol. The Morgan fingerprint density at radius 2 is 2.43 bits per heavy atom. The number of aromatic nitrogens is 2. The van der Waals surface area contributed by atoms with Gasteiger partial charge in [-0.25, -0.2) is 0 Å². The first-order valence-electron chi connectivity index (χ1n) is 4.10. The molecule has 72 valence electrons. The van der Waals surface area contributed by atoms with E-state index in [2.05, 4.69) is 10.4 Å². The van der Waals surface area contributed by atoms with E-state index in [-0.39, 0.29) is 5.91 Å². The highest BCUT2D eigenvalue weighted by molar-refractivity contribution is 7.12. The third-order valence-electron chi connectivity index (χ3n) is 1.81. The molecule has 4 nitrogen and oxygen atoms in total. The molecule has 2 heterocycles. The van der Waals surface area contributed by atoms with Crippen LogP contribution in [0.1, 0.15) is 9.67 Å². The number of thiophene rings is 1. The lowest BCUT2D eigenvalue weighted by Crippen LogP contribution is -2.12. The molecule has 0 aliphatic carbocycles. The monoisotopic (exact) mass is 207 g/mol. The molecule has 0 bridgehead atoms. The maximum absolute atomic E-state index is 11.6. The number of nitrogens with one attached hydrogen (secondary N) is 1. The van der Waals surface area contributed by atoms with Gasteiger partial charge >= 0.3 is 0 Å². The highest BCUT2D eigenvalue weighted by atomic mass is 32.1. The second-order valence-corrected chi connectivity index (χ2v) is 3.72. The molecule has 1 amide bonds. The summed E-state index contributed by atoms with van der Waals surface area (Å²) in [6.07, 6.45) is 1.64. The second-order valence-electron chi connectivity index (χ2n) is 2.77. The van der Waals surface area contributed by atoms with Gasteiger partial charge in [0.2, 0.25) is 0 Å². The highest BCUT2D eigenvalue weighted by Gasteiger charge is 2.08. The molecule has 0 saturated carbocycles. The first-order valence-corrected chi connectivity index (χ1v) is 4.98. The molecule has 2 aromatic rings. The standard InChI is InChI=1S/C9H9N3OS/c1-12-8(4-5-10-12)11-9(13)7-3-2-6-14-7/h2-6H,1H3,(H,11,13). The first kappa shape index (κ1) is 8.96. The van der Waals surface area contributed by atoms with Crippen LogP contribution in [0.4, 0.5) is 5.82 Å². The summed E-state index contributed by atoms with van der Waals surface area (Å²) >= 11 is 1.42. The topological polar surface area (TPSA) is 46.9 Å². The van der Waals surface area contributed by atoms with Crippen molar-refractivity contribution in [1.29, 1.82) is 0 Å². The smallest absolute Gasteiger partial charge is 0.266 e. The molecule has 1 N–H and O–H groups in total. The van der Waals surface area contributed by atoms with Gasteiger partial charge in [-0.2, -0.15) is 5.10 Å². The molecule has 5 heteroatoms. The van der Waals surface area contributed by atoms with E-state index in [0.29, 0.717) is 10.7 Å². The number of hydrogen-bond donors (Lipinski definition) is 1. The average molecular weight is 207 g/mol. The Hall–Kier alpha value is -1.62. The van der Waals surface area contributed by atoms with Crippen LogP contribution in [0.3, 0.4) is 0 Å². The fraction of sp³-hybridized carbons (Fsp3) is 0.111. The Kier molecular flexibility index (Phi) is 2.32. The molecule has 2 rings (SSSR count). The molecule has 0 saturated heterocycles. The average Bonchev–Trinajstić information content (AvgIpc) is 2.77. The lowest BCUT2D eigenvalue weighted by Gasteiger charge is -2.02. The van der Waals surface area contributed by atoms with Crippen LogP contribution in [0.2, 0.25) is 0 Å². The van der Waals surface area contributed by atoms with Crippen molar-refractivity contribution in [2.24, 2.45) is 7.05 Å². The number of amides is 1. The van der Waals surface area contributed by atoms with Crippen molar-refractivity contribution in [2.45, 2.75) is 0 Å². The molecule has 0 aromatic carbocycles. The Bertz CT molecular complexity index is 433. The molecule has 0 aliphatic heterocycles. The Labute approximate surface area is 85.2 Å². The van der Waals surface area contributed by atoms with Gasteiger partial charge < -0.3 is 5.32 Å². The molecule has 0 atom stereocenters. The van der Waals surface area contributed by atoms with Crippen LogP contribution in [0.15, 0.2) is 29.8 Å². The molecule has 0 spiro atoms. The third kappa shape index (κ3) is 1.67. The van der Waals surface area contributed by atoms with Crippen molar-refractivity contribution in [3.05, 3.63) is 34.7 Å². The number of carbonyl (C=O) groups excluding carboxylic acids is 1. The number of aryl methyl sites for hydroxylation is 1. The van der Waals surface area contributed by atoms with Crippen LogP contribution >= 0.6 is 11.3 Å². The van der Waals surface area contributed by atoms with E-state index >= 15 is 0 Å². The molecule has 0 fully saturated rings. The van der Waals surface area contributed by atoms with Gasteiger partial charge in [-0.1, -0.05) is 6.07 Å². The lowest BCUT2D eigenvalue weighted by atomic mass is 10.4. The lowest BCUT2D eigenvalue weighted by molar-refractivity contribution is 0.102. The number of rotatable bonds is 2. The van der Waals surface area contributed by atoms with Crippen LogP contribution in [0, 0.1) is 0 Å². The minimum atomic E-state index is -0.0939. The maximum atomic E-state index is 11.6. The predicted molar refractivity (Wildman–Crippen MR) is 55.5 cm³/mol. The number of hydrogen-bond acceptors (Lipinski definition) is 3. The van der Waals surface area contributed by atoms with Gasteiger partial charge in [0, 0.05) is 13.1 Å². The summed E-state index contributed by atoms with van der Waals surface area (Å²) < 4.78 is 1.62. The Balaban J connectivity index is 2.13. The van der Waals surface area contributed by atoms with E-state index in [1.807, 2.05) is 11.4 Å². The normalized spacial score (nSPS) is 10.1. The van der Waals surface area contributed by atoms with E-state index < -0.39 is 0 Å². The minimum absolute atomic E-state index is 0.0939. The molecule has 0 unspecified atom stereocenters. The van der Waals surface area contributed by atoms with E-state index in [0.717, 1.165) is 0 Å². The van der Waals surface area contributed by atoms with E-state index in [9.17, 15) is 4.79 Å². The fourth-order valence-corrected chi connectivity index (χ4v) is 1.70. The molecule has 0 aliphatic rings. The minimum Gasteiger partial charge on any atom is -0.306 e. The highest BCUT2D eigenvalue weighted by Crippen LogP contribution is 2.11. The van der Waals surface area contributed by atoms with Gasteiger partial charge in [0.1, 0.15) is 5.82 Å². The number of carbonyl (C=O) groups is 1. The third-order valence-corrected chi connectivity index (χ3v) is 2.68. The summed E-state index contributed by atoms with van der Waals surface area (Å²) in [6, 6.07) is 5.39. The number of nitrogens with zero attached hydrogens (tertiary/aromatic N) is 2. The summed E-state index contributed by atoms with van der Waals surface area (Å²) in [5.41, 5.74) is 0. The summed E-state index contributed by atoms with van der Waals surface area (Å²) in [5.74, 6) is 0.604. The van der Waals surface area contributed by atoms with Crippen molar-refractivity contribution in [3.63, 3.8) is 0 Å². The van der Waals surface area contributed by atoms with E-state index in [1.54, 1.807) is 30.1 Å². The molecule has 0 radical (unpaired) electrons. The van der Waals surface area contributed by atoms with Crippen LogP contribution in [0.25, 0.3) is 0 Å². The largest absolute Gasteiger partial charge is 0.306 e. The van der Waals surface area contributed by atoms with E-state index in [4.69, 9.17) is 0 Å². The van der Waals surface area contributed by atoms with Crippen LogP contribution in [-0.2, 0) is 7.05 Å². The van der Waals surface area contributed by atoms with E-state index in [1.165, 1.54) is 11.3 Å². The van der Waals surface area contributed by atoms with Gasteiger partial charge in [0.05, 0.1) is 11.1 Å². The second kappa shape index (κ2) is 3.63. The van der Waals surface area contributed by atoms with Crippen LogP contribution < -0.4 is 5.32 Å². The van der Waals surface area contributed by atoms with Gasteiger partial charge in [0.25, 0.3) is 5.91 Å². The van der Waals surface area contributed by atoms with Crippen molar-refractivity contribution in [1.82, 2.24) is 9.78 Å². The zero-order valence-corrected chi connectivity index (χ0v) is 8.41. The van der Waals surface area contributed by atoms with Gasteiger partial charge in [0.15, 0.2) is 0 Å². The van der Waals surface area contributed by atoms with Crippen molar-refractivity contribution < 1.29 is 4.79 Å². The Morgan fingerprint density at radius 1 is 1.57 bits per heavy atom. The van der Waals surface area contributed by atoms with Crippen LogP contribution in [0.5, 0.6) is 0 Å². The Morgan fingerprint density at radius 3 is 3.00 bits per heavy atom.